The van der Waals surface area contributed by atoms with Crippen LogP contribution < -0.4 is 5.32 Å². The van der Waals surface area contributed by atoms with Crippen LogP contribution in [0.2, 0.25) is 0 Å². The molecule has 0 saturated heterocycles. The van der Waals surface area contributed by atoms with Gasteiger partial charge in [0.25, 0.3) is 0 Å². The van der Waals surface area contributed by atoms with Gasteiger partial charge in [-0.05, 0) is 12.8 Å². The van der Waals surface area contributed by atoms with Gasteiger partial charge in [-0.25, -0.2) is 4.79 Å². The second kappa shape index (κ2) is 8.43. The Bertz CT molecular complexity index is 274. The van der Waals surface area contributed by atoms with E-state index < -0.39 is 0 Å². The molecule has 4 nitrogen and oxygen atoms in total. The maximum atomic E-state index is 11.8. The first-order chi connectivity index (χ1) is 8.65. The number of rotatable bonds is 7. The largest absolute Gasteiger partial charge is 0.393 e. The molecule has 2 N–H and O–H groups in total. The standard InChI is InChI=1S/C13H24N2O2S/c1-3-8-18-9-7-14-13(17)15(2)10-11-5-4-6-12(11)16/h3,11-12,16H,1,4-10H2,2H3,(H,14,17). The second-order valence-electron chi connectivity index (χ2n) is 4.73. The predicted octanol–water partition coefficient (Wildman–Crippen LogP) is 1.71. The average Bonchev–Trinajstić information content (AvgIpc) is 2.74. The van der Waals surface area contributed by atoms with E-state index in [-0.39, 0.29) is 18.1 Å². The Balaban J connectivity index is 2.14. The predicted molar refractivity (Wildman–Crippen MR) is 76.9 cm³/mol. The minimum absolute atomic E-state index is 0.0479. The summed E-state index contributed by atoms with van der Waals surface area (Å²) in [5.41, 5.74) is 0. The van der Waals surface area contributed by atoms with Crippen molar-refractivity contribution in [1.29, 1.82) is 0 Å². The number of aliphatic hydroxyl groups excluding tert-OH is 1. The first-order valence-corrected chi connectivity index (χ1v) is 7.66. The van der Waals surface area contributed by atoms with Crippen molar-refractivity contribution < 1.29 is 9.90 Å². The number of hydrogen-bond donors (Lipinski definition) is 2. The third kappa shape index (κ3) is 5.31. The van der Waals surface area contributed by atoms with Gasteiger partial charge in [-0.3, -0.25) is 0 Å². The normalized spacial score (nSPS) is 22.8. The molecule has 2 amide bonds. The van der Waals surface area contributed by atoms with Gasteiger partial charge in [-0.15, -0.1) is 6.58 Å². The molecule has 1 rings (SSSR count). The van der Waals surface area contributed by atoms with Crippen LogP contribution in [0.5, 0.6) is 0 Å². The number of thioether (sulfide) groups is 1. The number of urea groups is 1. The first kappa shape index (κ1) is 15.4. The summed E-state index contributed by atoms with van der Waals surface area (Å²) in [6.45, 7) is 4.97. The van der Waals surface area contributed by atoms with Gasteiger partial charge in [0, 0.05) is 37.6 Å². The Morgan fingerprint density at radius 2 is 2.39 bits per heavy atom. The molecule has 5 heteroatoms. The fourth-order valence-electron chi connectivity index (χ4n) is 2.20. The number of nitrogens with zero attached hydrogens (tertiary/aromatic N) is 1. The lowest BCUT2D eigenvalue weighted by Gasteiger charge is -2.23. The highest BCUT2D eigenvalue weighted by Gasteiger charge is 2.27. The molecule has 1 aliphatic rings. The number of hydrogen-bond acceptors (Lipinski definition) is 3. The number of aliphatic hydroxyl groups is 1. The van der Waals surface area contributed by atoms with E-state index in [1.807, 2.05) is 6.08 Å². The van der Waals surface area contributed by atoms with E-state index in [0.29, 0.717) is 13.1 Å². The van der Waals surface area contributed by atoms with E-state index >= 15 is 0 Å². The van der Waals surface area contributed by atoms with Crippen molar-refractivity contribution in [3.05, 3.63) is 12.7 Å². The van der Waals surface area contributed by atoms with Crippen molar-refractivity contribution in [2.75, 3.05) is 31.6 Å². The van der Waals surface area contributed by atoms with Gasteiger partial charge < -0.3 is 15.3 Å². The van der Waals surface area contributed by atoms with Crippen LogP contribution in [-0.4, -0.2) is 53.8 Å². The van der Waals surface area contributed by atoms with Crippen molar-refractivity contribution >= 4 is 17.8 Å². The molecule has 104 valence electrons. The molecule has 0 aliphatic heterocycles. The second-order valence-corrected chi connectivity index (χ2v) is 5.88. The molecule has 0 spiro atoms. The summed E-state index contributed by atoms with van der Waals surface area (Å²) < 4.78 is 0. The molecule has 0 aromatic rings. The molecule has 18 heavy (non-hydrogen) atoms. The monoisotopic (exact) mass is 272 g/mol. The van der Waals surface area contributed by atoms with Crippen LogP contribution in [0.25, 0.3) is 0 Å². The minimum atomic E-state index is -0.233. The smallest absolute Gasteiger partial charge is 0.317 e. The Morgan fingerprint density at radius 1 is 1.61 bits per heavy atom. The van der Waals surface area contributed by atoms with Crippen LogP contribution in [0.1, 0.15) is 19.3 Å². The van der Waals surface area contributed by atoms with Crippen LogP contribution in [0, 0.1) is 5.92 Å². The van der Waals surface area contributed by atoms with Crippen LogP contribution >= 0.6 is 11.8 Å². The summed E-state index contributed by atoms with van der Waals surface area (Å²) >= 11 is 1.75. The zero-order valence-electron chi connectivity index (χ0n) is 11.1. The van der Waals surface area contributed by atoms with Gasteiger partial charge in [0.15, 0.2) is 0 Å². The van der Waals surface area contributed by atoms with Crippen molar-refractivity contribution in [3.63, 3.8) is 0 Å². The molecule has 0 aromatic carbocycles. The lowest BCUT2D eigenvalue weighted by atomic mass is 10.1. The quantitative estimate of drug-likeness (QED) is 0.548. The van der Waals surface area contributed by atoms with E-state index in [0.717, 1.165) is 30.8 Å². The minimum Gasteiger partial charge on any atom is -0.393 e. The Hall–Kier alpha value is -0.680. The SMILES string of the molecule is C=CCSCCNC(=O)N(C)CC1CCCC1O. The van der Waals surface area contributed by atoms with Crippen molar-refractivity contribution in [3.8, 4) is 0 Å². The average molecular weight is 272 g/mol. The molecular formula is C13H24N2O2S. The zero-order chi connectivity index (χ0) is 13.4. The van der Waals surface area contributed by atoms with E-state index in [2.05, 4.69) is 11.9 Å². The summed E-state index contributed by atoms with van der Waals surface area (Å²) in [6, 6.07) is -0.0479. The molecule has 2 atom stereocenters. The van der Waals surface area contributed by atoms with Gasteiger partial charge in [0.05, 0.1) is 6.10 Å². The number of carbonyl (C=O) groups excluding carboxylic acids is 1. The number of carbonyl (C=O) groups is 1. The van der Waals surface area contributed by atoms with Gasteiger partial charge in [0.2, 0.25) is 0 Å². The van der Waals surface area contributed by atoms with Gasteiger partial charge >= 0.3 is 6.03 Å². The molecule has 0 aromatic heterocycles. The molecule has 1 fully saturated rings. The van der Waals surface area contributed by atoms with Gasteiger partial charge in [-0.1, -0.05) is 12.5 Å². The molecule has 0 radical (unpaired) electrons. The first-order valence-electron chi connectivity index (χ1n) is 6.50. The molecule has 0 heterocycles. The van der Waals surface area contributed by atoms with Crippen molar-refractivity contribution in [2.45, 2.75) is 25.4 Å². The molecule has 1 aliphatic carbocycles. The van der Waals surface area contributed by atoms with E-state index in [1.165, 1.54) is 0 Å². The van der Waals surface area contributed by atoms with E-state index in [9.17, 15) is 9.90 Å². The number of amides is 2. The Morgan fingerprint density at radius 3 is 3.00 bits per heavy atom. The number of nitrogens with one attached hydrogen (secondary N) is 1. The molecular weight excluding hydrogens is 248 g/mol. The third-order valence-corrected chi connectivity index (χ3v) is 4.20. The van der Waals surface area contributed by atoms with Crippen LogP contribution in [-0.2, 0) is 0 Å². The molecule has 0 bridgehead atoms. The van der Waals surface area contributed by atoms with Crippen LogP contribution in [0.4, 0.5) is 4.79 Å². The maximum Gasteiger partial charge on any atom is 0.317 e. The molecule has 2 unspecified atom stereocenters. The zero-order valence-corrected chi connectivity index (χ0v) is 11.9. The Kier molecular flexibility index (Phi) is 7.20. The van der Waals surface area contributed by atoms with Gasteiger partial charge in [-0.2, -0.15) is 11.8 Å². The van der Waals surface area contributed by atoms with Crippen LogP contribution in [0.3, 0.4) is 0 Å². The summed E-state index contributed by atoms with van der Waals surface area (Å²) in [7, 11) is 1.79. The fourth-order valence-corrected chi connectivity index (χ4v) is 2.78. The third-order valence-electron chi connectivity index (χ3n) is 3.23. The lowest BCUT2D eigenvalue weighted by Crippen LogP contribution is -2.41. The summed E-state index contributed by atoms with van der Waals surface area (Å²) in [5, 5.41) is 12.6. The summed E-state index contributed by atoms with van der Waals surface area (Å²) in [6.07, 6.45) is 4.59. The maximum absolute atomic E-state index is 11.8. The highest BCUT2D eigenvalue weighted by atomic mass is 32.2. The highest BCUT2D eigenvalue weighted by molar-refractivity contribution is 7.99. The van der Waals surface area contributed by atoms with Gasteiger partial charge in [0.1, 0.15) is 0 Å². The van der Waals surface area contributed by atoms with Crippen LogP contribution in [0.15, 0.2) is 12.7 Å². The van der Waals surface area contributed by atoms with E-state index in [1.54, 1.807) is 23.7 Å². The topological polar surface area (TPSA) is 52.6 Å². The van der Waals surface area contributed by atoms with Crippen molar-refractivity contribution in [1.82, 2.24) is 10.2 Å². The highest BCUT2D eigenvalue weighted by Crippen LogP contribution is 2.25. The van der Waals surface area contributed by atoms with E-state index in [4.69, 9.17) is 0 Å². The summed E-state index contributed by atoms with van der Waals surface area (Å²) in [5.74, 6) is 2.06. The Labute approximate surface area is 114 Å². The lowest BCUT2D eigenvalue weighted by molar-refractivity contribution is 0.114. The summed E-state index contributed by atoms with van der Waals surface area (Å²) in [4.78, 5) is 13.5. The molecule has 1 saturated carbocycles. The van der Waals surface area contributed by atoms with Crippen molar-refractivity contribution in [2.24, 2.45) is 5.92 Å². The fraction of sp³-hybridized carbons (Fsp3) is 0.769.